The van der Waals surface area contributed by atoms with Crippen LogP contribution in [0.25, 0.3) is 32.8 Å². The number of ether oxygens (including phenoxy) is 2. The van der Waals surface area contributed by atoms with Gasteiger partial charge in [0.15, 0.2) is 5.82 Å². The van der Waals surface area contributed by atoms with Gasteiger partial charge in [-0.3, -0.25) is 4.90 Å². The highest BCUT2D eigenvalue weighted by molar-refractivity contribution is 6.05. The SMILES string of the molecule is CCc1cccc2cc(O)cc(-c3cc4c5c(nc(OC[C@]67CCCN6C[C@@H](F)C7)nc5c3F)N3C[C@@H]5CC[C@@H](N5)[C@H]3CO4)c12. The third-order valence-corrected chi connectivity index (χ3v) is 11.0. The van der Waals surface area contributed by atoms with E-state index in [0.717, 1.165) is 61.5 Å². The summed E-state index contributed by atoms with van der Waals surface area (Å²) in [6, 6.07) is 11.7. The van der Waals surface area contributed by atoms with Crippen molar-refractivity contribution in [2.45, 2.75) is 75.3 Å². The minimum atomic E-state index is -0.877. The summed E-state index contributed by atoms with van der Waals surface area (Å²) in [5, 5.41) is 16.7. The van der Waals surface area contributed by atoms with Crippen LogP contribution >= 0.6 is 0 Å². The molecule has 0 saturated carbocycles. The molecular weight excluding hydrogens is 576 g/mol. The first kappa shape index (κ1) is 27.5. The number of fused-ring (bicyclic) bond motifs is 7. The lowest BCUT2D eigenvalue weighted by molar-refractivity contribution is 0.107. The summed E-state index contributed by atoms with van der Waals surface area (Å²) in [6.45, 7) is 4.77. The van der Waals surface area contributed by atoms with Crippen molar-refractivity contribution in [2.24, 2.45) is 0 Å². The van der Waals surface area contributed by atoms with Gasteiger partial charge < -0.3 is 24.8 Å². The molecule has 1 aromatic heterocycles. The Hall–Kier alpha value is -3.76. The van der Waals surface area contributed by atoms with Crippen LogP contribution in [0.5, 0.6) is 17.5 Å². The van der Waals surface area contributed by atoms with E-state index in [2.05, 4.69) is 22.0 Å². The van der Waals surface area contributed by atoms with Crippen LogP contribution in [0.15, 0.2) is 36.4 Å². The van der Waals surface area contributed by atoms with Crippen molar-refractivity contribution < 1.29 is 23.4 Å². The van der Waals surface area contributed by atoms with Gasteiger partial charge in [0.05, 0.1) is 17.0 Å². The number of phenols is 1. The molecule has 2 N–H and O–H groups in total. The number of piperazine rings is 1. The zero-order valence-corrected chi connectivity index (χ0v) is 25.4. The molecule has 5 aliphatic heterocycles. The van der Waals surface area contributed by atoms with Crippen molar-refractivity contribution in [1.29, 1.82) is 0 Å². The Morgan fingerprint density at radius 1 is 1.13 bits per heavy atom. The predicted octanol–water partition coefficient (Wildman–Crippen LogP) is 5.51. The molecule has 3 aromatic carbocycles. The quantitative estimate of drug-likeness (QED) is 0.305. The van der Waals surface area contributed by atoms with Gasteiger partial charge in [0.1, 0.15) is 42.2 Å². The van der Waals surface area contributed by atoms with Gasteiger partial charge in [0, 0.05) is 37.2 Å². The molecular formula is C35H37F2N5O3. The Bertz CT molecular complexity index is 1850. The molecule has 2 bridgehead atoms. The van der Waals surface area contributed by atoms with E-state index >= 15 is 4.39 Å². The lowest BCUT2D eigenvalue weighted by Crippen LogP contribution is -2.60. The Kier molecular flexibility index (Phi) is 6.20. The molecule has 0 amide bonds. The molecule has 0 aliphatic carbocycles. The highest BCUT2D eigenvalue weighted by Crippen LogP contribution is 2.47. The fourth-order valence-electron chi connectivity index (χ4n) is 8.95. The maximum atomic E-state index is 17.1. The number of alkyl halides is 1. The van der Waals surface area contributed by atoms with Gasteiger partial charge in [-0.2, -0.15) is 9.97 Å². The molecule has 0 spiro atoms. The van der Waals surface area contributed by atoms with Crippen LogP contribution in [0, 0.1) is 5.82 Å². The fourth-order valence-corrected chi connectivity index (χ4v) is 8.95. The Morgan fingerprint density at radius 3 is 2.93 bits per heavy atom. The van der Waals surface area contributed by atoms with E-state index in [0.29, 0.717) is 53.7 Å². The molecule has 4 aromatic rings. The van der Waals surface area contributed by atoms with Gasteiger partial charge in [0.2, 0.25) is 0 Å². The monoisotopic (exact) mass is 613 g/mol. The van der Waals surface area contributed by atoms with Crippen molar-refractivity contribution in [3.63, 3.8) is 0 Å². The fraction of sp³-hybridized carbons (Fsp3) is 0.486. The highest BCUT2D eigenvalue weighted by Gasteiger charge is 2.50. The van der Waals surface area contributed by atoms with E-state index in [-0.39, 0.29) is 41.5 Å². The molecule has 234 valence electrons. The minimum Gasteiger partial charge on any atom is -0.508 e. The van der Waals surface area contributed by atoms with Crippen molar-refractivity contribution in [3.05, 3.63) is 47.8 Å². The summed E-state index contributed by atoms with van der Waals surface area (Å²) in [5.41, 5.74) is 1.71. The molecule has 8 nitrogen and oxygen atoms in total. The van der Waals surface area contributed by atoms with E-state index in [1.54, 1.807) is 18.2 Å². The van der Waals surface area contributed by atoms with E-state index in [1.165, 1.54) is 0 Å². The van der Waals surface area contributed by atoms with Gasteiger partial charge in [-0.15, -0.1) is 0 Å². The maximum absolute atomic E-state index is 17.1. The Morgan fingerprint density at radius 2 is 2.04 bits per heavy atom. The summed E-state index contributed by atoms with van der Waals surface area (Å²) in [7, 11) is 0. The number of phenolic OH excluding ortho intramolecular Hbond substituents is 1. The third-order valence-electron chi connectivity index (χ3n) is 11.0. The van der Waals surface area contributed by atoms with Crippen LogP contribution in [-0.4, -0.2) is 82.7 Å². The molecule has 0 unspecified atom stereocenters. The number of halogens is 2. The van der Waals surface area contributed by atoms with Crippen molar-refractivity contribution in [2.75, 3.05) is 37.7 Å². The summed E-state index contributed by atoms with van der Waals surface area (Å²) in [4.78, 5) is 14.1. The molecule has 9 rings (SSSR count). The highest BCUT2D eigenvalue weighted by atomic mass is 19.1. The van der Waals surface area contributed by atoms with Gasteiger partial charge in [-0.1, -0.05) is 25.1 Å². The number of rotatable bonds is 5. The van der Waals surface area contributed by atoms with Crippen molar-refractivity contribution >= 4 is 27.5 Å². The molecule has 0 radical (unpaired) electrons. The second-order valence-corrected chi connectivity index (χ2v) is 13.6. The molecule has 45 heavy (non-hydrogen) atoms. The molecule has 10 heteroatoms. The third kappa shape index (κ3) is 4.21. The summed E-state index contributed by atoms with van der Waals surface area (Å²) in [5.74, 6) is 0.703. The van der Waals surface area contributed by atoms with Crippen LogP contribution in [0.4, 0.5) is 14.6 Å². The topological polar surface area (TPSA) is 83.0 Å². The van der Waals surface area contributed by atoms with Crippen LogP contribution in [-0.2, 0) is 6.42 Å². The first-order chi connectivity index (χ1) is 21.9. The second kappa shape index (κ2) is 10.1. The number of aryl methyl sites for hydroxylation is 1. The molecule has 4 saturated heterocycles. The van der Waals surface area contributed by atoms with E-state index in [1.807, 2.05) is 18.2 Å². The first-order valence-corrected chi connectivity index (χ1v) is 16.4. The van der Waals surface area contributed by atoms with Crippen molar-refractivity contribution in [3.8, 4) is 28.6 Å². The number of nitrogens with one attached hydrogen (secondary N) is 1. The molecule has 5 aliphatic rings. The average molecular weight is 614 g/mol. The van der Waals surface area contributed by atoms with Crippen molar-refractivity contribution in [1.82, 2.24) is 20.2 Å². The number of benzene rings is 3. The largest absolute Gasteiger partial charge is 0.508 e. The Labute approximate surface area is 260 Å². The number of aromatic nitrogens is 2. The van der Waals surface area contributed by atoms with E-state index in [4.69, 9.17) is 19.4 Å². The molecule has 6 heterocycles. The number of nitrogens with zero attached hydrogens (tertiary/aromatic N) is 4. The van der Waals surface area contributed by atoms with Crippen LogP contribution in [0.3, 0.4) is 0 Å². The van der Waals surface area contributed by atoms with Crippen LogP contribution in [0.1, 0.15) is 44.6 Å². The van der Waals surface area contributed by atoms with Gasteiger partial charge in [-0.05, 0) is 78.7 Å². The number of hydrogen-bond donors (Lipinski definition) is 2. The normalized spacial score (nSPS) is 28.7. The molecule has 5 atom stereocenters. The number of aromatic hydroxyl groups is 1. The molecule has 4 fully saturated rings. The van der Waals surface area contributed by atoms with Crippen LogP contribution < -0.4 is 19.7 Å². The van der Waals surface area contributed by atoms with E-state index < -0.39 is 12.0 Å². The van der Waals surface area contributed by atoms with Gasteiger partial charge >= 0.3 is 6.01 Å². The summed E-state index contributed by atoms with van der Waals surface area (Å²) in [6.07, 6.45) is 4.28. The first-order valence-electron chi connectivity index (χ1n) is 16.4. The Balaban J connectivity index is 1.24. The van der Waals surface area contributed by atoms with Gasteiger partial charge in [0.25, 0.3) is 0 Å². The minimum absolute atomic E-state index is 0.0213. The number of hydrogen-bond acceptors (Lipinski definition) is 8. The summed E-state index contributed by atoms with van der Waals surface area (Å²) >= 11 is 0. The lowest BCUT2D eigenvalue weighted by Gasteiger charge is -2.40. The summed E-state index contributed by atoms with van der Waals surface area (Å²) < 4.78 is 44.5. The predicted molar refractivity (Wildman–Crippen MR) is 169 cm³/mol. The zero-order chi connectivity index (χ0) is 30.4. The van der Waals surface area contributed by atoms with Gasteiger partial charge in [-0.25, -0.2) is 8.78 Å². The average Bonchev–Trinajstić information content (AvgIpc) is 3.67. The zero-order valence-electron chi connectivity index (χ0n) is 25.4. The van der Waals surface area contributed by atoms with Crippen LogP contribution in [0.2, 0.25) is 0 Å². The van der Waals surface area contributed by atoms with E-state index in [9.17, 15) is 9.50 Å². The number of anilines is 1. The smallest absolute Gasteiger partial charge is 0.319 e. The maximum Gasteiger partial charge on any atom is 0.319 e. The lowest BCUT2D eigenvalue weighted by atomic mass is 9.92. The standard InChI is InChI=1S/C35H37F2N5O3/c1-2-19-5-3-6-20-11-23(43)12-24(29(19)20)25-13-28-30-32(31(25)37)39-34(45-18-35-9-4-10-41(35)15-21(36)14-35)40-33(30)42-16-22-7-8-26(38-22)27(42)17-44-28/h3,5-6,11-13,21-22,26-27,38,43H,2,4,7-10,14-18H2,1H3/t21-,22-,26+,27+,35+/m0/s1. The second-order valence-electron chi connectivity index (χ2n) is 13.6.